The summed E-state index contributed by atoms with van der Waals surface area (Å²) in [6.45, 7) is 9.13. The third-order valence-corrected chi connectivity index (χ3v) is 6.26. The van der Waals surface area contributed by atoms with Crippen molar-refractivity contribution >= 4 is 11.8 Å². The number of nitrogens with one attached hydrogen (secondary N) is 1. The summed E-state index contributed by atoms with van der Waals surface area (Å²) in [4.78, 5) is 26.5. The maximum absolute atomic E-state index is 13.3. The Morgan fingerprint density at radius 3 is 2.77 bits per heavy atom. The molecule has 0 radical (unpaired) electrons. The predicted molar refractivity (Wildman–Crippen MR) is 115 cm³/mol. The number of carbonyl (C=O) groups excluding carboxylic acids is 2. The van der Waals surface area contributed by atoms with Crippen LogP contribution in [-0.2, 0) is 19.1 Å². The summed E-state index contributed by atoms with van der Waals surface area (Å²) in [5.74, 6) is -0.662. The van der Waals surface area contributed by atoms with E-state index in [2.05, 4.69) is 25.2 Å². The van der Waals surface area contributed by atoms with E-state index in [1.165, 1.54) is 0 Å². The number of ether oxygens (including phenoxy) is 2. The van der Waals surface area contributed by atoms with Gasteiger partial charge in [-0.25, -0.2) is 4.79 Å². The molecule has 160 valence electrons. The van der Waals surface area contributed by atoms with Gasteiger partial charge in [-0.1, -0.05) is 43.7 Å². The molecule has 0 spiro atoms. The molecule has 1 fully saturated rings. The minimum atomic E-state index is -0.401. The highest BCUT2D eigenvalue weighted by Crippen LogP contribution is 2.46. The molecule has 0 amide bonds. The number of carbonyl (C=O) groups is 2. The van der Waals surface area contributed by atoms with Crippen molar-refractivity contribution in [2.75, 3.05) is 13.2 Å². The molecule has 0 bridgehead atoms. The molecule has 0 saturated carbocycles. The van der Waals surface area contributed by atoms with Gasteiger partial charge in [-0.2, -0.15) is 0 Å². The molecule has 5 nitrogen and oxygen atoms in total. The van der Waals surface area contributed by atoms with E-state index in [1.54, 1.807) is 0 Å². The van der Waals surface area contributed by atoms with E-state index in [9.17, 15) is 9.59 Å². The number of Topliss-reactive ketones (excluding diaryl/α,β-unsaturated/α-hetero) is 1. The Morgan fingerprint density at radius 2 is 2.07 bits per heavy atom. The quantitative estimate of drug-likeness (QED) is 0.750. The van der Waals surface area contributed by atoms with Crippen LogP contribution < -0.4 is 5.32 Å². The summed E-state index contributed by atoms with van der Waals surface area (Å²) >= 11 is 0. The van der Waals surface area contributed by atoms with Gasteiger partial charge in [0.15, 0.2) is 5.78 Å². The van der Waals surface area contributed by atoms with E-state index in [1.807, 2.05) is 32.0 Å². The molecule has 1 aliphatic carbocycles. The van der Waals surface area contributed by atoms with Gasteiger partial charge in [0, 0.05) is 35.9 Å². The number of benzene rings is 1. The molecule has 0 aromatic heterocycles. The van der Waals surface area contributed by atoms with Gasteiger partial charge in [0.05, 0.1) is 11.7 Å². The zero-order valence-corrected chi connectivity index (χ0v) is 18.3. The minimum Gasteiger partial charge on any atom is -0.459 e. The van der Waals surface area contributed by atoms with Crippen molar-refractivity contribution in [3.8, 4) is 0 Å². The molecular formula is C25H31NO4. The smallest absolute Gasteiger partial charge is 0.336 e. The summed E-state index contributed by atoms with van der Waals surface area (Å²) in [7, 11) is 0. The van der Waals surface area contributed by atoms with E-state index in [0.29, 0.717) is 12.0 Å². The molecule has 1 aromatic rings. The van der Waals surface area contributed by atoms with Crippen molar-refractivity contribution < 1.29 is 19.1 Å². The lowest BCUT2D eigenvalue weighted by Crippen LogP contribution is -2.39. The third kappa shape index (κ3) is 4.08. The first kappa shape index (κ1) is 20.9. The average Bonchev–Trinajstić information content (AvgIpc) is 3.17. The summed E-state index contributed by atoms with van der Waals surface area (Å²) in [5.41, 5.74) is 4.92. The van der Waals surface area contributed by atoms with Crippen molar-refractivity contribution in [2.24, 2.45) is 5.41 Å². The molecule has 2 atom stereocenters. The molecule has 5 heteroatoms. The standard InChI is InChI=1S/C25H31NO4/c1-15-7-5-8-17(11-15)22-21(24(28)30-14-18-9-6-10-29-18)16(2)26-19-12-25(3,4)13-20(27)23(19)22/h5,7-8,11,18,22,26H,6,9-10,12-14H2,1-4H3/t18-,22+/m1/s1. The number of rotatable bonds is 4. The van der Waals surface area contributed by atoms with Crippen LogP contribution in [-0.4, -0.2) is 31.1 Å². The second-order valence-electron chi connectivity index (χ2n) is 9.58. The summed E-state index contributed by atoms with van der Waals surface area (Å²) in [6.07, 6.45) is 3.14. The lowest BCUT2D eigenvalue weighted by Gasteiger charge is -2.39. The van der Waals surface area contributed by atoms with Crippen LogP contribution in [0, 0.1) is 12.3 Å². The van der Waals surface area contributed by atoms with E-state index in [0.717, 1.165) is 54.0 Å². The molecule has 1 N–H and O–H groups in total. The fourth-order valence-corrected chi connectivity index (χ4v) is 4.91. The lowest BCUT2D eigenvalue weighted by molar-refractivity contribution is -0.142. The Kier molecular flexibility index (Phi) is 5.58. The normalized spacial score (nSPS) is 25.8. The second-order valence-corrected chi connectivity index (χ2v) is 9.58. The monoisotopic (exact) mass is 409 g/mol. The molecule has 2 heterocycles. The number of dihydropyridines is 1. The Morgan fingerprint density at radius 1 is 1.27 bits per heavy atom. The highest BCUT2D eigenvalue weighted by Gasteiger charge is 2.43. The van der Waals surface area contributed by atoms with Crippen molar-refractivity contribution in [1.82, 2.24) is 5.32 Å². The van der Waals surface area contributed by atoms with Crippen LogP contribution in [0.15, 0.2) is 46.8 Å². The Bertz CT molecular complexity index is 934. The summed E-state index contributed by atoms with van der Waals surface area (Å²) < 4.78 is 11.3. The third-order valence-electron chi connectivity index (χ3n) is 6.26. The number of ketones is 1. The lowest BCUT2D eigenvalue weighted by atomic mass is 9.68. The number of allylic oxidation sites excluding steroid dienone is 3. The molecule has 0 unspecified atom stereocenters. The van der Waals surface area contributed by atoms with Gasteiger partial charge in [-0.15, -0.1) is 0 Å². The molecule has 1 aromatic carbocycles. The number of hydrogen-bond acceptors (Lipinski definition) is 5. The summed E-state index contributed by atoms with van der Waals surface area (Å²) in [6, 6.07) is 8.07. The van der Waals surface area contributed by atoms with Gasteiger partial charge in [-0.3, -0.25) is 4.79 Å². The predicted octanol–water partition coefficient (Wildman–Crippen LogP) is 4.32. The maximum atomic E-state index is 13.3. The van der Waals surface area contributed by atoms with E-state index < -0.39 is 5.92 Å². The van der Waals surface area contributed by atoms with Crippen LogP contribution in [0.4, 0.5) is 0 Å². The van der Waals surface area contributed by atoms with Gasteiger partial charge in [0.2, 0.25) is 0 Å². The van der Waals surface area contributed by atoms with Gasteiger partial charge in [-0.05, 0) is 44.1 Å². The second kappa shape index (κ2) is 8.03. The molecule has 3 aliphatic rings. The SMILES string of the molecule is CC1=C(C(=O)OC[C@H]2CCCO2)[C@H](c2cccc(C)c2)C2=C(CC(C)(C)CC2=O)N1. The van der Waals surface area contributed by atoms with Gasteiger partial charge < -0.3 is 14.8 Å². The first-order chi connectivity index (χ1) is 14.2. The largest absolute Gasteiger partial charge is 0.459 e. The molecule has 1 saturated heterocycles. The van der Waals surface area contributed by atoms with Crippen LogP contribution in [0.3, 0.4) is 0 Å². The van der Waals surface area contributed by atoms with Crippen LogP contribution >= 0.6 is 0 Å². The molecule has 4 rings (SSSR count). The van der Waals surface area contributed by atoms with Gasteiger partial charge in [0.25, 0.3) is 0 Å². The zero-order chi connectivity index (χ0) is 21.5. The van der Waals surface area contributed by atoms with Crippen molar-refractivity contribution in [2.45, 2.75) is 65.4 Å². The molecule has 2 aliphatic heterocycles. The van der Waals surface area contributed by atoms with E-state index in [4.69, 9.17) is 9.47 Å². The number of esters is 1. The maximum Gasteiger partial charge on any atom is 0.336 e. The topological polar surface area (TPSA) is 64.6 Å². The van der Waals surface area contributed by atoms with Crippen LogP contribution in [0.5, 0.6) is 0 Å². The average molecular weight is 410 g/mol. The van der Waals surface area contributed by atoms with Crippen molar-refractivity contribution in [3.63, 3.8) is 0 Å². The van der Waals surface area contributed by atoms with Crippen molar-refractivity contribution in [3.05, 3.63) is 57.9 Å². The minimum absolute atomic E-state index is 0.0317. The highest BCUT2D eigenvalue weighted by atomic mass is 16.6. The first-order valence-corrected chi connectivity index (χ1v) is 10.8. The molecular weight excluding hydrogens is 378 g/mol. The van der Waals surface area contributed by atoms with E-state index >= 15 is 0 Å². The van der Waals surface area contributed by atoms with Crippen molar-refractivity contribution in [1.29, 1.82) is 0 Å². The Hall–Kier alpha value is -2.40. The van der Waals surface area contributed by atoms with Gasteiger partial charge in [0.1, 0.15) is 6.61 Å². The van der Waals surface area contributed by atoms with E-state index in [-0.39, 0.29) is 29.9 Å². The Balaban J connectivity index is 1.72. The zero-order valence-electron chi connectivity index (χ0n) is 18.3. The highest BCUT2D eigenvalue weighted by molar-refractivity contribution is 6.04. The first-order valence-electron chi connectivity index (χ1n) is 10.8. The fourth-order valence-electron chi connectivity index (χ4n) is 4.91. The number of hydrogen-bond donors (Lipinski definition) is 1. The van der Waals surface area contributed by atoms with Gasteiger partial charge >= 0.3 is 5.97 Å². The fraction of sp³-hybridized carbons (Fsp3) is 0.520. The van der Waals surface area contributed by atoms with Crippen LogP contribution in [0.25, 0.3) is 0 Å². The van der Waals surface area contributed by atoms with Crippen LogP contribution in [0.2, 0.25) is 0 Å². The number of aryl methyl sites for hydroxylation is 1. The Labute approximate surface area is 178 Å². The molecule has 30 heavy (non-hydrogen) atoms. The summed E-state index contributed by atoms with van der Waals surface area (Å²) in [5, 5.41) is 3.38. The van der Waals surface area contributed by atoms with Crippen LogP contribution in [0.1, 0.15) is 63.5 Å².